The first kappa shape index (κ1) is 17.8. The number of carbonyl (C=O) groups is 1. The summed E-state index contributed by atoms with van der Waals surface area (Å²) in [6.45, 7) is 2.55. The molecular formula is C23H27N3O. The first-order valence-electron chi connectivity index (χ1n) is 9.88. The standard InChI is InChI=1S/C23H27N3O/c1-16-25-20-14-17(12-13-21(20)26(16)2)15-24-23(27)22(19-10-6-7-11-19)18-8-4-3-5-9-18/h3-5,8-9,12-14,19,22H,6-7,10-11,15H2,1-2H3,(H,24,27). The largest absolute Gasteiger partial charge is 0.351 e. The fourth-order valence-electron chi connectivity index (χ4n) is 4.36. The van der Waals surface area contributed by atoms with Crippen molar-refractivity contribution in [2.24, 2.45) is 13.0 Å². The molecule has 4 rings (SSSR count). The van der Waals surface area contributed by atoms with Crippen LogP contribution in [0.4, 0.5) is 0 Å². The summed E-state index contributed by atoms with van der Waals surface area (Å²) in [6.07, 6.45) is 4.76. The highest BCUT2D eigenvalue weighted by Gasteiger charge is 2.31. The van der Waals surface area contributed by atoms with Gasteiger partial charge in [0.15, 0.2) is 0 Å². The van der Waals surface area contributed by atoms with Gasteiger partial charge in [-0.2, -0.15) is 0 Å². The number of benzene rings is 2. The van der Waals surface area contributed by atoms with Crippen LogP contribution in [0.25, 0.3) is 11.0 Å². The number of carbonyl (C=O) groups excluding carboxylic acids is 1. The van der Waals surface area contributed by atoms with Crippen molar-refractivity contribution in [1.29, 1.82) is 0 Å². The lowest BCUT2D eigenvalue weighted by molar-refractivity contribution is -0.123. The van der Waals surface area contributed by atoms with E-state index in [2.05, 4.69) is 45.2 Å². The maximum Gasteiger partial charge on any atom is 0.228 e. The van der Waals surface area contributed by atoms with Crippen molar-refractivity contribution in [3.63, 3.8) is 0 Å². The second-order valence-electron chi connectivity index (χ2n) is 7.69. The Hall–Kier alpha value is -2.62. The van der Waals surface area contributed by atoms with Gasteiger partial charge < -0.3 is 9.88 Å². The van der Waals surface area contributed by atoms with Gasteiger partial charge in [0.05, 0.1) is 17.0 Å². The van der Waals surface area contributed by atoms with Gasteiger partial charge in [-0.15, -0.1) is 0 Å². The predicted octanol–water partition coefficient (Wildman–Crippen LogP) is 4.47. The Morgan fingerprint density at radius 2 is 1.93 bits per heavy atom. The molecule has 1 amide bonds. The summed E-state index contributed by atoms with van der Waals surface area (Å²) in [7, 11) is 2.03. The molecule has 1 aromatic heterocycles. The van der Waals surface area contributed by atoms with E-state index in [4.69, 9.17) is 0 Å². The molecule has 1 aliphatic rings. The zero-order chi connectivity index (χ0) is 18.8. The molecule has 0 bridgehead atoms. The van der Waals surface area contributed by atoms with Gasteiger partial charge in [0.2, 0.25) is 5.91 Å². The van der Waals surface area contributed by atoms with Gasteiger partial charge >= 0.3 is 0 Å². The number of fused-ring (bicyclic) bond motifs is 1. The van der Waals surface area contributed by atoms with Gasteiger partial charge in [-0.1, -0.05) is 49.2 Å². The number of hydrogen-bond donors (Lipinski definition) is 1. The van der Waals surface area contributed by atoms with Crippen molar-refractivity contribution < 1.29 is 4.79 Å². The maximum atomic E-state index is 13.1. The van der Waals surface area contributed by atoms with Crippen LogP contribution in [0.5, 0.6) is 0 Å². The molecule has 1 unspecified atom stereocenters. The smallest absolute Gasteiger partial charge is 0.228 e. The molecule has 0 radical (unpaired) electrons. The molecule has 3 aromatic rings. The first-order valence-corrected chi connectivity index (χ1v) is 9.88. The Balaban J connectivity index is 1.51. The minimum atomic E-state index is -0.0467. The SMILES string of the molecule is Cc1nc2cc(CNC(=O)C(c3ccccc3)C3CCCC3)ccc2n1C. The lowest BCUT2D eigenvalue weighted by Gasteiger charge is -2.23. The van der Waals surface area contributed by atoms with E-state index < -0.39 is 0 Å². The molecule has 1 heterocycles. The number of aryl methyl sites for hydroxylation is 2. The summed E-state index contributed by atoms with van der Waals surface area (Å²) >= 11 is 0. The maximum absolute atomic E-state index is 13.1. The first-order chi connectivity index (χ1) is 13.1. The van der Waals surface area contributed by atoms with Gasteiger partial charge in [-0.05, 0) is 48.9 Å². The molecule has 4 nitrogen and oxygen atoms in total. The van der Waals surface area contributed by atoms with E-state index in [0.717, 1.165) is 40.8 Å². The number of nitrogens with zero attached hydrogens (tertiary/aromatic N) is 2. The van der Waals surface area contributed by atoms with Gasteiger partial charge in [-0.3, -0.25) is 4.79 Å². The average molecular weight is 361 g/mol. The van der Waals surface area contributed by atoms with Crippen LogP contribution in [0, 0.1) is 12.8 Å². The number of aromatic nitrogens is 2. The predicted molar refractivity (Wildman–Crippen MR) is 108 cm³/mol. The highest BCUT2D eigenvalue weighted by atomic mass is 16.1. The normalized spacial score (nSPS) is 15.9. The van der Waals surface area contributed by atoms with Crippen molar-refractivity contribution >= 4 is 16.9 Å². The lowest BCUT2D eigenvalue weighted by atomic mass is 9.84. The van der Waals surface area contributed by atoms with E-state index in [1.54, 1.807) is 0 Å². The summed E-state index contributed by atoms with van der Waals surface area (Å²) in [6, 6.07) is 16.5. The average Bonchev–Trinajstić information content (AvgIpc) is 3.30. The van der Waals surface area contributed by atoms with Crippen LogP contribution >= 0.6 is 0 Å². The third-order valence-corrected chi connectivity index (χ3v) is 5.95. The topological polar surface area (TPSA) is 46.9 Å². The van der Waals surface area contributed by atoms with Crippen molar-refractivity contribution in [3.8, 4) is 0 Å². The molecule has 0 saturated heterocycles. The van der Waals surface area contributed by atoms with E-state index in [9.17, 15) is 4.79 Å². The fourth-order valence-corrected chi connectivity index (χ4v) is 4.36. The molecule has 1 saturated carbocycles. The number of amides is 1. The van der Waals surface area contributed by atoms with Crippen molar-refractivity contribution in [3.05, 3.63) is 65.5 Å². The van der Waals surface area contributed by atoms with Crippen molar-refractivity contribution in [1.82, 2.24) is 14.9 Å². The third-order valence-electron chi connectivity index (χ3n) is 5.95. The van der Waals surface area contributed by atoms with Crippen molar-refractivity contribution in [2.75, 3.05) is 0 Å². The molecule has 1 aliphatic carbocycles. The van der Waals surface area contributed by atoms with E-state index in [-0.39, 0.29) is 11.8 Å². The highest BCUT2D eigenvalue weighted by molar-refractivity contribution is 5.84. The monoisotopic (exact) mass is 361 g/mol. The summed E-state index contributed by atoms with van der Waals surface area (Å²) in [5.74, 6) is 1.55. The summed E-state index contributed by atoms with van der Waals surface area (Å²) in [5.41, 5.74) is 4.33. The molecular weight excluding hydrogens is 334 g/mol. The summed E-state index contributed by atoms with van der Waals surface area (Å²) in [4.78, 5) is 17.7. The third kappa shape index (κ3) is 3.61. The van der Waals surface area contributed by atoms with E-state index in [0.29, 0.717) is 12.5 Å². The van der Waals surface area contributed by atoms with Crippen LogP contribution in [0.15, 0.2) is 48.5 Å². The van der Waals surface area contributed by atoms with Crippen molar-refractivity contribution in [2.45, 2.75) is 45.1 Å². The Morgan fingerprint density at radius 3 is 2.67 bits per heavy atom. The fraction of sp³-hybridized carbons (Fsp3) is 0.391. The molecule has 1 N–H and O–H groups in total. The lowest BCUT2D eigenvalue weighted by Crippen LogP contribution is -2.32. The molecule has 4 heteroatoms. The quantitative estimate of drug-likeness (QED) is 0.729. The van der Waals surface area contributed by atoms with Gasteiger partial charge in [0, 0.05) is 13.6 Å². The zero-order valence-corrected chi connectivity index (χ0v) is 16.1. The number of imidazole rings is 1. The molecule has 0 aliphatic heterocycles. The number of rotatable bonds is 5. The summed E-state index contributed by atoms with van der Waals surface area (Å²) in [5, 5.41) is 3.19. The van der Waals surface area contributed by atoms with Crippen LogP contribution in [0.2, 0.25) is 0 Å². The second kappa shape index (κ2) is 7.55. The van der Waals surface area contributed by atoms with Crippen LogP contribution in [-0.4, -0.2) is 15.5 Å². The Kier molecular flexibility index (Phi) is 4.97. The molecule has 27 heavy (non-hydrogen) atoms. The second-order valence-corrected chi connectivity index (χ2v) is 7.69. The molecule has 1 fully saturated rings. The van der Waals surface area contributed by atoms with E-state index in [1.165, 1.54) is 12.8 Å². The Morgan fingerprint density at radius 1 is 1.19 bits per heavy atom. The van der Waals surface area contributed by atoms with E-state index in [1.807, 2.05) is 32.2 Å². The molecule has 140 valence electrons. The van der Waals surface area contributed by atoms with Gasteiger partial charge in [-0.25, -0.2) is 4.98 Å². The molecule has 0 spiro atoms. The van der Waals surface area contributed by atoms with Crippen LogP contribution in [0.3, 0.4) is 0 Å². The molecule has 1 atom stereocenters. The highest BCUT2D eigenvalue weighted by Crippen LogP contribution is 2.37. The zero-order valence-electron chi connectivity index (χ0n) is 16.1. The minimum Gasteiger partial charge on any atom is -0.351 e. The van der Waals surface area contributed by atoms with Gasteiger partial charge in [0.1, 0.15) is 5.82 Å². The Labute approximate surface area is 160 Å². The minimum absolute atomic E-state index is 0.0467. The summed E-state index contributed by atoms with van der Waals surface area (Å²) < 4.78 is 2.09. The van der Waals surface area contributed by atoms with Crippen LogP contribution in [-0.2, 0) is 18.4 Å². The Bertz CT molecular complexity index is 939. The molecule has 2 aromatic carbocycles. The van der Waals surface area contributed by atoms with E-state index >= 15 is 0 Å². The number of nitrogens with one attached hydrogen (secondary N) is 1. The van der Waals surface area contributed by atoms with Gasteiger partial charge in [0.25, 0.3) is 0 Å². The number of hydrogen-bond acceptors (Lipinski definition) is 2. The van der Waals surface area contributed by atoms with Crippen LogP contribution < -0.4 is 5.32 Å². The van der Waals surface area contributed by atoms with Crippen LogP contribution in [0.1, 0.15) is 48.6 Å².